The molecule has 0 N–H and O–H groups in total. The molecule has 0 heterocycles. The van der Waals surface area contributed by atoms with Crippen molar-refractivity contribution in [3.8, 4) is 0 Å². The van der Waals surface area contributed by atoms with Crippen LogP contribution in [0.15, 0.2) is 0 Å². The third kappa shape index (κ3) is 5.27. The van der Waals surface area contributed by atoms with Gasteiger partial charge in [0.15, 0.2) is 0 Å². The van der Waals surface area contributed by atoms with Crippen molar-refractivity contribution in [3.05, 3.63) is 0 Å². The maximum absolute atomic E-state index is 2.74. The van der Waals surface area contributed by atoms with Crippen LogP contribution in [0, 0.1) is 0 Å². The monoisotopic (exact) mass is 458 g/mol. The molecule has 0 nitrogen and oxygen atoms in total. The van der Waals surface area contributed by atoms with Gasteiger partial charge in [0, 0.05) is 4.17 Å². The third-order valence-corrected chi connectivity index (χ3v) is 29.8. The lowest BCUT2D eigenvalue weighted by Gasteiger charge is -2.41. The summed E-state index contributed by atoms with van der Waals surface area (Å²) in [5.74, 6) is 0. The fourth-order valence-corrected chi connectivity index (χ4v) is 38.5. The van der Waals surface area contributed by atoms with E-state index in [0.717, 1.165) is 4.91 Å². The number of hydrogen-bond donors (Lipinski definition) is 0. The summed E-state index contributed by atoms with van der Waals surface area (Å²) in [5.41, 5.74) is 0.262. The van der Waals surface area contributed by atoms with Gasteiger partial charge in [0.2, 0.25) is 0 Å². The molecule has 0 aliphatic heterocycles. The summed E-state index contributed by atoms with van der Waals surface area (Å²) in [6, 6.07) is 0. The molecular weight excluding hydrogens is 437 g/mol. The smallest absolute Gasteiger partial charge is 0.0501 e. The molecule has 80 valence electrons. The lowest BCUT2D eigenvalue weighted by Crippen LogP contribution is -2.52. The number of halogens is 2. The molecule has 0 bridgehead atoms. The maximum Gasteiger partial charge on any atom is 0.0501 e. The first kappa shape index (κ1) is 15.3. The maximum atomic E-state index is 2.74. The SMILES string of the molecule is C[Si](C)(C)C(P(I)CI)[Si](C)(C)C. The predicted octanol–water partition coefficient (Wildman–Crippen LogP) is 5.33. The van der Waals surface area contributed by atoms with Crippen LogP contribution in [-0.2, 0) is 0 Å². The molecule has 0 aromatic carbocycles. The van der Waals surface area contributed by atoms with Crippen molar-refractivity contribution in [1.82, 2.24) is 0 Å². The highest BCUT2D eigenvalue weighted by atomic mass is 127. The number of rotatable bonds is 4. The Labute approximate surface area is 113 Å². The van der Waals surface area contributed by atoms with E-state index in [9.17, 15) is 0 Å². The van der Waals surface area contributed by atoms with E-state index in [1.807, 2.05) is 0 Å². The highest BCUT2D eigenvalue weighted by Gasteiger charge is 2.41. The van der Waals surface area contributed by atoms with Gasteiger partial charge < -0.3 is 0 Å². The van der Waals surface area contributed by atoms with E-state index < -0.39 is 16.1 Å². The Hall–Kier alpha value is 2.32. The third-order valence-electron chi connectivity index (χ3n) is 2.03. The summed E-state index contributed by atoms with van der Waals surface area (Å²) in [6.45, 7) is 15.3. The van der Waals surface area contributed by atoms with Crippen molar-refractivity contribution in [3.63, 3.8) is 0 Å². The van der Waals surface area contributed by atoms with Crippen LogP contribution < -0.4 is 0 Å². The summed E-state index contributed by atoms with van der Waals surface area (Å²) in [4.78, 5) is 1.12. The molecule has 0 rings (SSSR count). The van der Waals surface area contributed by atoms with Gasteiger partial charge in [0.05, 0.1) is 16.1 Å². The summed E-state index contributed by atoms with van der Waals surface area (Å²) in [7, 11) is -1.86. The van der Waals surface area contributed by atoms with Gasteiger partial charge in [0.25, 0.3) is 0 Å². The van der Waals surface area contributed by atoms with Crippen LogP contribution in [-0.4, -0.2) is 25.2 Å². The van der Waals surface area contributed by atoms with Gasteiger partial charge in [0.1, 0.15) is 0 Å². The van der Waals surface area contributed by atoms with Crippen LogP contribution in [0.3, 0.4) is 0 Å². The topological polar surface area (TPSA) is 0 Å². The van der Waals surface area contributed by atoms with Crippen LogP contribution in [0.1, 0.15) is 0 Å². The summed E-state index contributed by atoms with van der Waals surface area (Å²) in [5, 5.41) is 0. The molecule has 0 aromatic heterocycles. The van der Waals surface area contributed by atoms with Crippen molar-refractivity contribution in [1.29, 1.82) is 0 Å². The second-order valence-electron chi connectivity index (χ2n) is 5.65. The van der Waals surface area contributed by atoms with Crippen molar-refractivity contribution in [2.24, 2.45) is 0 Å². The Balaban J connectivity index is 4.78. The van der Waals surface area contributed by atoms with E-state index in [4.69, 9.17) is 0 Å². The van der Waals surface area contributed by atoms with Crippen LogP contribution >= 0.6 is 50.2 Å². The minimum Gasteiger partial charge on any atom is -0.0805 e. The van der Waals surface area contributed by atoms with Gasteiger partial charge in [-0.1, -0.05) is 83.9 Å². The molecule has 5 heteroatoms. The minimum atomic E-state index is -0.928. The molecule has 0 spiro atoms. The average Bonchev–Trinajstić information content (AvgIpc) is 1.80. The minimum absolute atomic E-state index is 0.262. The van der Waals surface area contributed by atoms with E-state index >= 15 is 0 Å². The van der Waals surface area contributed by atoms with Gasteiger partial charge in [-0.05, 0) is 10.5 Å². The van der Waals surface area contributed by atoms with Crippen molar-refractivity contribution in [2.75, 3.05) is 4.17 Å². The second-order valence-corrected chi connectivity index (χ2v) is 25.1. The van der Waals surface area contributed by atoms with Crippen molar-refractivity contribution < 1.29 is 0 Å². The molecule has 0 aromatic rings. The zero-order chi connectivity index (χ0) is 10.9. The van der Waals surface area contributed by atoms with E-state index in [1.165, 1.54) is 4.17 Å². The zero-order valence-corrected chi connectivity index (χ0v) is 16.7. The first-order valence-electron chi connectivity index (χ1n) is 4.59. The van der Waals surface area contributed by atoms with E-state index in [1.54, 1.807) is 0 Å². The number of alkyl halides is 1. The van der Waals surface area contributed by atoms with Gasteiger partial charge in [-0.2, -0.15) is 0 Å². The van der Waals surface area contributed by atoms with E-state index in [-0.39, 0.29) is 5.56 Å². The van der Waals surface area contributed by atoms with Gasteiger partial charge >= 0.3 is 0 Å². The van der Waals surface area contributed by atoms with Gasteiger partial charge in [-0.25, -0.2) is 0 Å². The lowest BCUT2D eigenvalue weighted by atomic mass is 11.7. The number of hydrogen-bond acceptors (Lipinski definition) is 0. The first-order valence-corrected chi connectivity index (χ1v) is 17.6. The molecule has 0 fully saturated rings. The molecule has 1 atom stereocenters. The molecule has 0 radical (unpaired) electrons. The molecule has 0 aliphatic carbocycles. The Morgan fingerprint density at radius 2 is 1.31 bits per heavy atom. The summed E-state index contributed by atoms with van der Waals surface area (Å²) < 4.78 is 1.38. The van der Waals surface area contributed by atoms with Crippen LogP contribution in [0.2, 0.25) is 39.3 Å². The first-order chi connectivity index (χ1) is 5.60. The normalized spacial score (nSPS) is 16.4. The quantitative estimate of drug-likeness (QED) is 0.231. The fourth-order valence-electron chi connectivity index (χ4n) is 2.21. The van der Waals surface area contributed by atoms with Crippen LogP contribution in [0.25, 0.3) is 0 Å². The molecule has 0 saturated heterocycles. The largest absolute Gasteiger partial charge is 0.0805 e. The van der Waals surface area contributed by atoms with Crippen molar-refractivity contribution in [2.45, 2.75) is 44.2 Å². The highest BCUT2D eigenvalue weighted by molar-refractivity contribution is 14.2. The molecule has 0 saturated carbocycles. The molecular formula is C8H21I2PSi2. The lowest BCUT2D eigenvalue weighted by molar-refractivity contribution is 1.45. The van der Waals surface area contributed by atoms with E-state index in [2.05, 4.69) is 83.9 Å². The molecule has 0 amide bonds. The Kier molecular flexibility index (Phi) is 6.59. The van der Waals surface area contributed by atoms with Crippen LogP contribution in [0.5, 0.6) is 0 Å². The average molecular weight is 458 g/mol. The standard InChI is InChI=1S/C8H21I2PSi2/c1-12(2,3)8(11(10)7-9)13(4,5)6/h8H,7H2,1-6H3. The van der Waals surface area contributed by atoms with Gasteiger partial charge in [-0.15, -0.1) is 0 Å². The van der Waals surface area contributed by atoms with Gasteiger partial charge in [-0.3, -0.25) is 0 Å². The molecule has 13 heavy (non-hydrogen) atoms. The Morgan fingerprint density at radius 3 is 1.38 bits per heavy atom. The Bertz CT molecular complexity index is 149. The van der Waals surface area contributed by atoms with Crippen LogP contribution in [0.4, 0.5) is 0 Å². The van der Waals surface area contributed by atoms with Crippen molar-refractivity contribution >= 4 is 66.3 Å². The molecule has 0 aliphatic rings. The Morgan fingerprint density at radius 1 is 1.00 bits per heavy atom. The van der Waals surface area contributed by atoms with E-state index in [0.29, 0.717) is 0 Å². The predicted molar refractivity (Wildman–Crippen MR) is 90.3 cm³/mol. The summed E-state index contributed by atoms with van der Waals surface area (Å²) >= 11 is 5.32. The highest BCUT2D eigenvalue weighted by Crippen LogP contribution is 2.57. The molecule has 1 unspecified atom stereocenters. The summed E-state index contributed by atoms with van der Waals surface area (Å²) in [6.07, 6.45) is 0. The zero-order valence-electron chi connectivity index (χ0n) is 9.49. The fraction of sp³-hybridized carbons (Fsp3) is 1.00. The second kappa shape index (κ2) is 5.59.